The highest BCUT2D eigenvalue weighted by molar-refractivity contribution is 5.89. The van der Waals surface area contributed by atoms with E-state index in [1.165, 1.54) is 6.07 Å². The van der Waals surface area contributed by atoms with Gasteiger partial charge in [-0.15, -0.1) is 0 Å². The van der Waals surface area contributed by atoms with E-state index in [9.17, 15) is 19.3 Å². The smallest absolute Gasteiger partial charge is 0.281 e. The number of nitrogens with zero attached hydrogens (tertiary/aromatic N) is 2. The number of aromatic nitrogens is 2. The molecule has 6 nitrogen and oxygen atoms in total. The topological polar surface area (TPSA) is 88.9 Å². The molecule has 2 rings (SSSR count). The number of nitro benzene ring substituents is 1. The highest BCUT2D eigenvalue weighted by Crippen LogP contribution is 2.33. The average Bonchev–Trinajstić information content (AvgIpc) is 2.69. The van der Waals surface area contributed by atoms with Crippen molar-refractivity contribution >= 4 is 12.0 Å². The quantitative estimate of drug-likeness (QED) is 0.513. The number of carbonyl (C=O) groups is 1. The molecule has 0 amide bonds. The molecule has 0 radical (unpaired) electrons. The molecule has 1 N–H and O–H groups in total. The molecule has 1 heterocycles. The van der Waals surface area contributed by atoms with Gasteiger partial charge >= 0.3 is 0 Å². The van der Waals surface area contributed by atoms with E-state index in [-0.39, 0.29) is 16.8 Å². The molecule has 0 spiro atoms. The third kappa shape index (κ3) is 1.75. The van der Waals surface area contributed by atoms with Crippen LogP contribution in [0.25, 0.3) is 11.3 Å². The molecule has 0 atom stereocenters. The highest BCUT2D eigenvalue weighted by Gasteiger charge is 2.24. The van der Waals surface area contributed by atoms with Crippen LogP contribution in [-0.2, 0) is 0 Å². The Morgan fingerprint density at radius 2 is 2.22 bits per heavy atom. The van der Waals surface area contributed by atoms with Gasteiger partial charge in [-0.05, 0) is 13.0 Å². The zero-order valence-corrected chi connectivity index (χ0v) is 9.31. The highest BCUT2D eigenvalue weighted by atomic mass is 19.1. The number of hydrogen-bond acceptors (Lipinski definition) is 4. The van der Waals surface area contributed by atoms with Crippen molar-refractivity contribution in [2.75, 3.05) is 0 Å². The third-order valence-corrected chi connectivity index (χ3v) is 2.54. The standard InChI is InChI=1S/C11H8FN3O3/c1-6-7(5-16)11(14-13-6)10-8(12)3-2-4-9(10)15(17)18/h2-5H,1H3,(H,13,14). The number of benzene rings is 1. The summed E-state index contributed by atoms with van der Waals surface area (Å²) in [6.07, 6.45) is 0.490. The number of aryl methyl sites for hydroxylation is 1. The second kappa shape index (κ2) is 4.36. The summed E-state index contributed by atoms with van der Waals surface area (Å²) in [6, 6.07) is 3.48. The fourth-order valence-corrected chi connectivity index (χ4v) is 1.67. The minimum Gasteiger partial charge on any atom is -0.298 e. The number of nitrogens with one attached hydrogen (secondary N) is 1. The SMILES string of the molecule is Cc1[nH]nc(-c2c(F)cccc2[N+](=O)[O-])c1C=O. The lowest BCUT2D eigenvalue weighted by Crippen LogP contribution is -1.97. The fraction of sp³-hybridized carbons (Fsp3) is 0.0909. The molecule has 7 heteroatoms. The number of aldehydes is 1. The zero-order chi connectivity index (χ0) is 13.3. The molecule has 0 bridgehead atoms. The summed E-state index contributed by atoms with van der Waals surface area (Å²) in [5, 5.41) is 17.1. The summed E-state index contributed by atoms with van der Waals surface area (Å²) in [5.74, 6) is -0.793. The number of carbonyl (C=O) groups excluding carboxylic acids is 1. The number of halogens is 1. The Hall–Kier alpha value is -2.57. The predicted molar refractivity (Wildman–Crippen MR) is 60.8 cm³/mol. The van der Waals surface area contributed by atoms with Gasteiger partial charge in [0.15, 0.2) is 6.29 Å². The van der Waals surface area contributed by atoms with Gasteiger partial charge < -0.3 is 0 Å². The number of H-pyrrole nitrogens is 1. The number of nitro groups is 1. The normalized spacial score (nSPS) is 10.3. The maximum atomic E-state index is 13.7. The van der Waals surface area contributed by atoms with Crippen molar-refractivity contribution in [3.05, 3.63) is 45.4 Å². The van der Waals surface area contributed by atoms with E-state index in [2.05, 4.69) is 10.2 Å². The summed E-state index contributed by atoms with van der Waals surface area (Å²) < 4.78 is 13.7. The van der Waals surface area contributed by atoms with E-state index in [4.69, 9.17) is 0 Å². The van der Waals surface area contributed by atoms with Crippen LogP contribution in [0, 0.1) is 22.9 Å². The van der Waals surface area contributed by atoms with Crippen LogP contribution in [-0.4, -0.2) is 21.4 Å². The molecule has 0 fully saturated rings. The molecule has 0 unspecified atom stereocenters. The number of rotatable bonds is 3. The second-order valence-electron chi connectivity index (χ2n) is 3.62. The van der Waals surface area contributed by atoms with Crippen molar-refractivity contribution < 1.29 is 14.1 Å². The van der Waals surface area contributed by atoms with Crippen molar-refractivity contribution in [1.82, 2.24) is 10.2 Å². The molecule has 92 valence electrons. The monoisotopic (exact) mass is 249 g/mol. The summed E-state index contributed by atoms with van der Waals surface area (Å²) in [5.41, 5.74) is -0.216. The van der Waals surface area contributed by atoms with Crippen molar-refractivity contribution in [3.8, 4) is 11.3 Å². The molecule has 0 aliphatic rings. The third-order valence-electron chi connectivity index (χ3n) is 2.54. The lowest BCUT2D eigenvalue weighted by atomic mass is 10.0. The summed E-state index contributed by atoms with van der Waals surface area (Å²) in [7, 11) is 0. The van der Waals surface area contributed by atoms with Gasteiger partial charge in [0.1, 0.15) is 17.1 Å². The van der Waals surface area contributed by atoms with Crippen molar-refractivity contribution in [3.63, 3.8) is 0 Å². The minimum atomic E-state index is -0.793. The summed E-state index contributed by atoms with van der Waals surface area (Å²) in [6.45, 7) is 1.58. The van der Waals surface area contributed by atoms with Crippen molar-refractivity contribution in [2.24, 2.45) is 0 Å². The summed E-state index contributed by atoms with van der Waals surface area (Å²) >= 11 is 0. The molecule has 1 aromatic heterocycles. The minimum absolute atomic E-state index is 0.0488. The van der Waals surface area contributed by atoms with Gasteiger partial charge in [-0.25, -0.2) is 4.39 Å². The molecule has 2 aromatic rings. The van der Waals surface area contributed by atoms with Gasteiger partial charge in [0.05, 0.1) is 10.5 Å². The van der Waals surface area contributed by atoms with Crippen LogP contribution in [0.3, 0.4) is 0 Å². The van der Waals surface area contributed by atoms with E-state index in [0.717, 1.165) is 12.1 Å². The van der Waals surface area contributed by atoms with E-state index >= 15 is 0 Å². The Labute approximate surface area is 101 Å². The van der Waals surface area contributed by atoms with Gasteiger partial charge in [0.25, 0.3) is 5.69 Å². The van der Waals surface area contributed by atoms with Gasteiger partial charge in [-0.2, -0.15) is 5.10 Å². The maximum absolute atomic E-state index is 13.7. The van der Waals surface area contributed by atoms with E-state index < -0.39 is 16.4 Å². The Bertz CT molecular complexity index is 636. The van der Waals surface area contributed by atoms with Gasteiger partial charge in [0.2, 0.25) is 0 Å². The van der Waals surface area contributed by atoms with E-state index in [1.807, 2.05) is 0 Å². The summed E-state index contributed by atoms with van der Waals surface area (Å²) in [4.78, 5) is 21.1. The van der Waals surface area contributed by atoms with Gasteiger partial charge in [-0.1, -0.05) is 6.07 Å². The molecule has 0 saturated carbocycles. The molecule has 0 aliphatic carbocycles. The second-order valence-corrected chi connectivity index (χ2v) is 3.62. The molecule has 1 aromatic carbocycles. The Balaban J connectivity index is 2.77. The first-order valence-electron chi connectivity index (χ1n) is 4.99. The lowest BCUT2D eigenvalue weighted by Gasteiger charge is -2.02. The lowest BCUT2D eigenvalue weighted by molar-refractivity contribution is -0.384. The van der Waals surface area contributed by atoms with Gasteiger partial charge in [0, 0.05) is 11.8 Å². The zero-order valence-electron chi connectivity index (χ0n) is 9.31. The number of hydrogen-bond donors (Lipinski definition) is 1. The van der Waals surface area contributed by atoms with Crippen LogP contribution in [0.5, 0.6) is 0 Å². The van der Waals surface area contributed by atoms with Crippen LogP contribution in [0.4, 0.5) is 10.1 Å². The van der Waals surface area contributed by atoms with Crippen LogP contribution in [0.1, 0.15) is 16.1 Å². The van der Waals surface area contributed by atoms with Crippen LogP contribution < -0.4 is 0 Å². The Kier molecular flexibility index (Phi) is 2.88. The first-order chi connectivity index (χ1) is 8.56. The van der Waals surface area contributed by atoms with Crippen LogP contribution in [0.2, 0.25) is 0 Å². The maximum Gasteiger partial charge on any atom is 0.281 e. The molecular formula is C11H8FN3O3. The van der Waals surface area contributed by atoms with Crippen molar-refractivity contribution in [1.29, 1.82) is 0 Å². The van der Waals surface area contributed by atoms with Crippen LogP contribution >= 0.6 is 0 Å². The molecular weight excluding hydrogens is 241 g/mol. The van der Waals surface area contributed by atoms with E-state index in [1.54, 1.807) is 6.92 Å². The largest absolute Gasteiger partial charge is 0.298 e. The molecule has 0 aliphatic heterocycles. The number of aromatic amines is 1. The Morgan fingerprint density at radius 3 is 2.83 bits per heavy atom. The fourth-order valence-electron chi connectivity index (χ4n) is 1.67. The average molecular weight is 249 g/mol. The van der Waals surface area contributed by atoms with Crippen molar-refractivity contribution in [2.45, 2.75) is 6.92 Å². The predicted octanol–water partition coefficient (Wildman–Crippen LogP) is 2.24. The Morgan fingerprint density at radius 1 is 1.50 bits per heavy atom. The first kappa shape index (κ1) is 11.9. The molecule has 18 heavy (non-hydrogen) atoms. The van der Waals surface area contributed by atoms with Crippen LogP contribution in [0.15, 0.2) is 18.2 Å². The first-order valence-corrected chi connectivity index (χ1v) is 4.99. The van der Waals surface area contributed by atoms with Gasteiger partial charge in [-0.3, -0.25) is 20.0 Å². The molecule has 0 saturated heterocycles. The van der Waals surface area contributed by atoms with E-state index in [0.29, 0.717) is 12.0 Å².